The van der Waals surface area contributed by atoms with Crippen molar-refractivity contribution in [2.24, 2.45) is 0 Å². The first kappa shape index (κ1) is 22.5. The van der Waals surface area contributed by atoms with E-state index in [4.69, 9.17) is 14.2 Å². The van der Waals surface area contributed by atoms with E-state index in [1.165, 1.54) is 26.2 Å². The van der Waals surface area contributed by atoms with E-state index in [1.54, 1.807) is 36.4 Å². The van der Waals surface area contributed by atoms with Crippen LogP contribution in [0.2, 0.25) is 0 Å². The van der Waals surface area contributed by atoms with Gasteiger partial charge in [-0.25, -0.2) is 4.90 Å². The zero-order chi connectivity index (χ0) is 22.5. The summed E-state index contributed by atoms with van der Waals surface area (Å²) in [6.45, 7) is 1.91. The summed E-state index contributed by atoms with van der Waals surface area (Å²) in [6.07, 6.45) is -0.868. The van der Waals surface area contributed by atoms with Gasteiger partial charge in [0, 0.05) is 19.8 Å². The summed E-state index contributed by atoms with van der Waals surface area (Å²) in [5.41, 5.74) is 1.86. The lowest BCUT2D eigenvalue weighted by atomic mass is 10.1. The number of methoxy groups -OCH3 is 3. The van der Waals surface area contributed by atoms with Crippen LogP contribution in [0, 0.1) is 6.92 Å². The third kappa shape index (κ3) is 4.76. The van der Waals surface area contributed by atoms with E-state index in [9.17, 15) is 14.4 Å². The largest absolute Gasteiger partial charge is 0.497 e. The molecule has 2 aromatic carbocycles. The minimum absolute atomic E-state index is 0.0106. The highest BCUT2D eigenvalue weighted by atomic mass is 16.7. The van der Waals surface area contributed by atoms with Gasteiger partial charge in [-0.2, -0.15) is 0 Å². The molecule has 0 aliphatic carbocycles. The Morgan fingerprint density at radius 2 is 1.65 bits per heavy atom. The van der Waals surface area contributed by atoms with Gasteiger partial charge in [0.2, 0.25) is 5.91 Å². The SMILES string of the molecule is COc1ccc(C(=O)N(CC(OC)OC)C2CC(=O)N(c3ccc(C)cc3)C2=O)cc1. The zero-order valence-electron chi connectivity index (χ0n) is 18.0. The van der Waals surface area contributed by atoms with Gasteiger partial charge >= 0.3 is 0 Å². The van der Waals surface area contributed by atoms with Crippen molar-refractivity contribution in [3.8, 4) is 5.75 Å². The van der Waals surface area contributed by atoms with Crippen LogP contribution in [0.1, 0.15) is 22.3 Å². The molecule has 1 atom stereocenters. The summed E-state index contributed by atoms with van der Waals surface area (Å²) in [5.74, 6) is -0.620. The summed E-state index contributed by atoms with van der Waals surface area (Å²) in [4.78, 5) is 41.8. The molecule has 3 rings (SSSR count). The normalized spacial score (nSPS) is 16.2. The molecule has 2 aromatic rings. The van der Waals surface area contributed by atoms with Gasteiger partial charge in [0.05, 0.1) is 25.8 Å². The van der Waals surface area contributed by atoms with Crippen LogP contribution >= 0.6 is 0 Å². The molecule has 1 saturated heterocycles. The maximum Gasteiger partial charge on any atom is 0.257 e. The number of aryl methyl sites for hydroxylation is 1. The van der Waals surface area contributed by atoms with Gasteiger partial charge in [-0.05, 0) is 43.3 Å². The second-order valence-electron chi connectivity index (χ2n) is 7.21. The van der Waals surface area contributed by atoms with Crippen LogP contribution in [0.5, 0.6) is 5.75 Å². The molecule has 3 amide bonds. The number of imide groups is 1. The Hall–Kier alpha value is -3.23. The monoisotopic (exact) mass is 426 g/mol. The van der Waals surface area contributed by atoms with Crippen LogP contribution in [0.15, 0.2) is 48.5 Å². The molecule has 164 valence electrons. The number of ether oxygens (including phenoxy) is 3. The van der Waals surface area contributed by atoms with Crippen LogP contribution in [0.3, 0.4) is 0 Å². The number of carbonyl (C=O) groups excluding carboxylic acids is 3. The number of carbonyl (C=O) groups is 3. The third-order valence-corrected chi connectivity index (χ3v) is 5.26. The van der Waals surface area contributed by atoms with Crippen LogP contribution in [0.25, 0.3) is 0 Å². The van der Waals surface area contributed by atoms with Gasteiger partial charge in [0.15, 0.2) is 6.29 Å². The fourth-order valence-corrected chi connectivity index (χ4v) is 3.48. The first-order chi connectivity index (χ1) is 14.9. The molecular weight excluding hydrogens is 400 g/mol. The standard InChI is InChI=1S/C23H26N2O6/c1-15-5-9-17(10-6-15)25-20(26)13-19(23(25)28)24(14-21(30-3)31-4)22(27)16-7-11-18(29-2)12-8-16/h5-12,19,21H,13-14H2,1-4H3. The van der Waals surface area contributed by atoms with Crippen LogP contribution in [-0.2, 0) is 19.1 Å². The number of nitrogens with zero attached hydrogens (tertiary/aromatic N) is 2. The van der Waals surface area contributed by atoms with Crippen molar-refractivity contribution in [2.45, 2.75) is 25.7 Å². The van der Waals surface area contributed by atoms with E-state index in [0.29, 0.717) is 17.0 Å². The van der Waals surface area contributed by atoms with Crippen molar-refractivity contribution < 1.29 is 28.6 Å². The van der Waals surface area contributed by atoms with Gasteiger partial charge in [0.1, 0.15) is 11.8 Å². The number of hydrogen-bond donors (Lipinski definition) is 0. The average molecular weight is 426 g/mol. The van der Waals surface area contributed by atoms with Crippen LogP contribution in [-0.4, -0.2) is 62.8 Å². The van der Waals surface area contributed by atoms with Crippen LogP contribution < -0.4 is 9.64 Å². The Kier molecular flexibility index (Phi) is 7.04. The molecular formula is C23H26N2O6. The topological polar surface area (TPSA) is 85.4 Å². The highest BCUT2D eigenvalue weighted by Gasteiger charge is 2.45. The van der Waals surface area contributed by atoms with Crippen molar-refractivity contribution in [2.75, 3.05) is 32.8 Å². The molecule has 8 heteroatoms. The fourth-order valence-electron chi connectivity index (χ4n) is 3.48. The first-order valence-electron chi connectivity index (χ1n) is 9.83. The molecule has 0 bridgehead atoms. The quantitative estimate of drug-likeness (QED) is 0.476. The average Bonchev–Trinajstić information content (AvgIpc) is 3.08. The van der Waals surface area contributed by atoms with Gasteiger partial charge in [-0.15, -0.1) is 0 Å². The summed E-state index contributed by atoms with van der Waals surface area (Å²) >= 11 is 0. The smallest absolute Gasteiger partial charge is 0.257 e. The minimum atomic E-state index is -0.962. The Bertz CT molecular complexity index is 938. The van der Waals surface area contributed by atoms with Crippen LogP contribution in [0.4, 0.5) is 5.69 Å². The lowest BCUT2D eigenvalue weighted by Crippen LogP contribution is -2.49. The Morgan fingerprint density at radius 1 is 1.03 bits per heavy atom. The van der Waals surface area contributed by atoms with E-state index in [0.717, 1.165) is 10.5 Å². The zero-order valence-corrected chi connectivity index (χ0v) is 18.0. The third-order valence-electron chi connectivity index (χ3n) is 5.26. The molecule has 0 saturated carbocycles. The van der Waals surface area contributed by atoms with Crippen molar-refractivity contribution in [1.29, 1.82) is 0 Å². The van der Waals surface area contributed by atoms with E-state index >= 15 is 0 Å². The van der Waals surface area contributed by atoms with Crippen molar-refractivity contribution in [3.63, 3.8) is 0 Å². The Balaban J connectivity index is 1.92. The molecule has 1 unspecified atom stereocenters. The number of amides is 3. The summed E-state index contributed by atoms with van der Waals surface area (Å²) in [5, 5.41) is 0. The number of rotatable bonds is 8. The number of anilines is 1. The van der Waals surface area contributed by atoms with E-state index in [-0.39, 0.29) is 18.9 Å². The van der Waals surface area contributed by atoms with Crippen molar-refractivity contribution in [3.05, 3.63) is 59.7 Å². The number of benzene rings is 2. The Morgan fingerprint density at radius 3 is 2.19 bits per heavy atom. The molecule has 0 aromatic heterocycles. The molecule has 0 spiro atoms. The summed E-state index contributed by atoms with van der Waals surface area (Å²) in [6, 6.07) is 12.7. The second kappa shape index (κ2) is 9.72. The highest BCUT2D eigenvalue weighted by molar-refractivity contribution is 6.23. The summed E-state index contributed by atoms with van der Waals surface area (Å²) in [7, 11) is 4.43. The summed E-state index contributed by atoms with van der Waals surface area (Å²) < 4.78 is 15.6. The van der Waals surface area contributed by atoms with Gasteiger partial charge < -0.3 is 19.1 Å². The number of hydrogen-bond acceptors (Lipinski definition) is 6. The van der Waals surface area contributed by atoms with E-state index in [1.807, 2.05) is 19.1 Å². The van der Waals surface area contributed by atoms with Gasteiger partial charge in [-0.1, -0.05) is 17.7 Å². The predicted molar refractivity (Wildman–Crippen MR) is 114 cm³/mol. The molecule has 31 heavy (non-hydrogen) atoms. The lowest BCUT2D eigenvalue weighted by molar-refractivity contribution is -0.128. The maximum atomic E-state index is 13.3. The highest BCUT2D eigenvalue weighted by Crippen LogP contribution is 2.27. The van der Waals surface area contributed by atoms with Gasteiger partial charge in [0.25, 0.3) is 11.8 Å². The Labute approximate surface area is 181 Å². The van der Waals surface area contributed by atoms with Crippen molar-refractivity contribution >= 4 is 23.4 Å². The molecule has 0 radical (unpaired) electrons. The molecule has 8 nitrogen and oxygen atoms in total. The maximum absolute atomic E-state index is 13.3. The predicted octanol–water partition coefficient (Wildman–Crippen LogP) is 2.40. The van der Waals surface area contributed by atoms with E-state index < -0.39 is 24.1 Å². The molecule has 1 heterocycles. The first-order valence-corrected chi connectivity index (χ1v) is 9.83. The van der Waals surface area contributed by atoms with E-state index in [2.05, 4.69) is 0 Å². The molecule has 1 fully saturated rings. The molecule has 0 N–H and O–H groups in total. The minimum Gasteiger partial charge on any atom is -0.497 e. The lowest BCUT2D eigenvalue weighted by Gasteiger charge is -2.30. The second-order valence-corrected chi connectivity index (χ2v) is 7.21. The van der Waals surface area contributed by atoms with Gasteiger partial charge in [-0.3, -0.25) is 14.4 Å². The fraction of sp³-hybridized carbons (Fsp3) is 0.348. The molecule has 1 aliphatic heterocycles. The van der Waals surface area contributed by atoms with Crippen molar-refractivity contribution in [1.82, 2.24) is 4.90 Å². The molecule has 1 aliphatic rings.